The molecule has 0 bridgehead atoms. The number of Topliss-reactive ketones (excluding diaryl/α,β-unsaturated/α-hetero) is 2. The maximum Gasteiger partial charge on any atom is 0.198 e. The van der Waals surface area contributed by atoms with Crippen molar-refractivity contribution in [2.75, 3.05) is 5.73 Å². The molecule has 0 amide bonds. The fraction of sp³-hybridized carbons (Fsp3) is 0.231. The van der Waals surface area contributed by atoms with E-state index in [2.05, 4.69) is 0 Å². The number of ketones is 2. The van der Waals surface area contributed by atoms with Gasteiger partial charge in [0.05, 0.1) is 5.57 Å². The Morgan fingerprint density at radius 3 is 2.69 bits per heavy atom. The van der Waals surface area contributed by atoms with Crippen LogP contribution in [0.5, 0.6) is 0 Å². The Hall–Kier alpha value is -1.90. The number of anilines is 1. The van der Waals surface area contributed by atoms with Gasteiger partial charge in [-0.25, -0.2) is 0 Å². The maximum atomic E-state index is 12.1. The molecular formula is C13H13NO2. The first-order chi connectivity index (χ1) is 7.70. The van der Waals surface area contributed by atoms with Crippen LogP contribution in [0.2, 0.25) is 0 Å². The maximum absolute atomic E-state index is 12.1. The zero-order valence-corrected chi connectivity index (χ0v) is 8.90. The molecule has 0 fully saturated rings. The Morgan fingerprint density at radius 1 is 1.25 bits per heavy atom. The molecule has 1 aliphatic carbocycles. The van der Waals surface area contributed by atoms with Gasteiger partial charge >= 0.3 is 0 Å². The zero-order chi connectivity index (χ0) is 11.5. The van der Waals surface area contributed by atoms with Gasteiger partial charge < -0.3 is 5.73 Å². The third-order valence-corrected chi connectivity index (χ3v) is 2.71. The number of nitrogen functional groups attached to an aromatic ring is 1. The Morgan fingerprint density at radius 2 is 2.00 bits per heavy atom. The third-order valence-electron chi connectivity index (χ3n) is 2.71. The summed E-state index contributed by atoms with van der Waals surface area (Å²) in [6, 6.07) is 6.84. The Labute approximate surface area is 94.0 Å². The van der Waals surface area contributed by atoms with Crippen LogP contribution in [-0.2, 0) is 4.79 Å². The van der Waals surface area contributed by atoms with Gasteiger partial charge in [0.2, 0.25) is 0 Å². The van der Waals surface area contributed by atoms with E-state index in [1.54, 1.807) is 30.3 Å². The fourth-order valence-corrected chi connectivity index (χ4v) is 1.83. The van der Waals surface area contributed by atoms with Crippen molar-refractivity contribution in [2.24, 2.45) is 0 Å². The molecule has 0 unspecified atom stereocenters. The summed E-state index contributed by atoms with van der Waals surface area (Å²) in [5, 5.41) is 0. The van der Waals surface area contributed by atoms with E-state index in [9.17, 15) is 9.59 Å². The Bertz CT molecular complexity index is 475. The lowest BCUT2D eigenvalue weighted by Crippen LogP contribution is -2.17. The minimum Gasteiger partial charge on any atom is -0.398 e. The van der Waals surface area contributed by atoms with Gasteiger partial charge in [-0.05, 0) is 25.0 Å². The van der Waals surface area contributed by atoms with E-state index < -0.39 is 0 Å². The van der Waals surface area contributed by atoms with Crippen LogP contribution in [0.1, 0.15) is 29.6 Å². The number of allylic oxidation sites excluding steroid dienone is 2. The van der Waals surface area contributed by atoms with Crippen LogP contribution in [0.3, 0.4) is 0 Å². The fourth-order valence-electron chi connectivity index (χ4n) is 1.83. The summed E-state index contributed by atoms with van der Waals surface area (Å²) < 4.78 is 0. The number of benzene rings is 1. The van der Waals surface area contributed by atoms with E-state index in [-0.39, 0.29) is 11.6 Å². The summed E-state index contributed by atoms with van der Waals surface area (Å²) in [4.78, 5) is 23.7. The largest absolute Gasteiger partial charge is 0.398 e. The van der Waals surface area contributed by atoms with E-state index in [1.165, 1.54) is 0 Å². The normalized spacial score (nSPS) is 15.8. The SMILES string of the molecule is Nc1ccccc1C(=O)C1=CCCCC1=O. The number of para-hydroxylation sites is 1. The second-order valence-electron chi connectivity index (χ2n) is 3.85. The zero-order valence-electron chi connectivity index (χ0n) is 8.90. The lowest BCUT2D eigenvalue weighted by Gasteiger charge is -2.11. The van der Waals surface area contributed by atoms with Gasteiger partial charge in [-0.15, -0.1) is 0 Å². The molecule has 0 heterocycles. The van der Waals surface area contributed by atoms with Crippen molar-refractivity contribution < 1.29 is 9.59 Å². The molecule has 0 radical (unpaired) electrons. The van der Waals surface area contributed by atoms with Crippen molar-refractivity contribution in [2.45, 2.75) is 19.3 Å². The highest BCUT2D eigenvalue weighted by Gasteiger charge is 2.22. The lowest BCUT2D eigenvalue weighted by molar-refractivity contribution is -0.115. The summed E-state index contributed by atoms with van der Waals surface area (Å²) in [7, 11) is 0. The molecule has 0 saturated carbocycles. The molecule has 1 aromatic rings. The first-order valence-corrected chi connectivity index (χ1v) is 5.32. The summed E-state index contributed by atoms with van der Waals surface area (Å²) in [6.45, 7) is 0. The average molecular weight is 215 g/mol. The van der Waals surface area contributed by atoms with E-state index in [1.807, 2.05) is 0 Å². The monoisotopic (exact) mass is 215 g/mol. The minimum atomic E-state index is -0.247. The van der Waals surface area contributed by atoms with Crippen molar-refractivity contribution in [1.82, 2.24) is 0 Å². The molecule has 0 aliphatic heterocycles. The van der Waals surface area contributed by atoms with E-state index >= 15 is 0 Å². The number of carbonyl (C=O) groups excluding carboxylic acids is 2. The summed E-state index contributed by atoms with van der Waals surface area (Å²) in [5.41, 5.74) is 6.85. The Balaban J connectivity index is 2.36. The molecule has 16 heavy (non-hydrogen) atoms. The third kappa shape index (κ3) is 1.89. The molecule has 2 rings (SSSR count). The Kier molecular flexibility index (Phi) is 2.86. The first kappa shape index (κ1) is 10.6. The van der Waals surface area contributed by atoms with Crippen LogP contribution in [0.15, 0.2) is 35.9 Å². The van der Waals surface area contributed by atoms with Gasteiger partial charge in [0.25, 0.3) is 0 Å². The van der Waals surface area contributed by atoms with Gasteiger partial charge in [-0.1, -0.05) is 18.2 Å². The second kappa shape index (κ2) is 4.31. The number of nitrogens with two attached hydrogens (primary N) is 1. The molecule has 0 aromatic heterocycles. The van der Waals surface area contributed by atoms with Gasteiger partial charge in [-0.2, -0.15) is 0 Å². The molecular weight excluding hydrogens is 202 g/mol. The van der Waals surface area contributed by atoms with Crippen LogP contribution in [-0.4, -0.2) is 11.6 Å². The number of hydrogen-bond donors (Lipinski definition) is 1. The number of rotatable bonds is 2. The van der Waals surface area contributed by atoms with Gasteiger partial charge in [0.1, 0.15) is 0 Å². The van der Waals surface area contributed by atoms with Gasteiger partial charge in [-0.3, -0.25) is 9.59 Å². The molecule has 0 atom stereocenters. The van der Waals surface area contributed by atoms with E-state index in [0.717, 1.165) is 12.8 Å². The molecule has 1 aliphatic rings. The van der Waals surface area contributed by atoms with Gasteiger partial charge in [0, 0.05) is 17.7 Å². The molecule has 3 nitrogen and oxygen atoms in total. The second-order valence-corrected chi connectivity index (χ2v) is 3.85. The van der Waals surface area contributed by atoms with Crippen molar-refractivity contribution in [3.05, 3.63) is 41.5 Å². The predicted molar refractivity (Wildman–Crippen MR) is 62.1 cm³/mol. The van der Waals surface area contributed by atoms with Crippen LogP contribution in [0, 0.1) is 0 Å². The summed E-state index contributed by atoms with van der Waals surface area (Å²) in [6.07, 6.45) is 3.81. The number of hydrogen-bond acceptors (Lipinski definition) is 3. The van der Waals surface area contributed by atoms with Crippen molar-refractivity contribution in [3.8, 4) is 0 Å². The van der Waals surface area contributed by atoms with Crippen LogP contribution in [0.25, 0.3) is 0 Å². The quantitative estimate of drug-likeness (QED) is 0.467. The van der Waals surface area contributed by atoms with Crippen molar-refractivity contribution in [3.63, 3.8) is 0 Å². The van der Waals surface area contributed by atoms with Crippen molar-refractivity contribution >= 4 is 17.3 Å². The summed E-state index contributed by atoms with van der Waals surface area (Å²) >= 11 is 0. The van der Waals surface area contributed by atoms with Gasteiger partial charge in [0.15, 0.2) is 11.6 Å². The molecule has 1 aromatic carbocycles. The lowest BCUT2D eigenvalue weighted by atomic mass is 9.91. The standard InChI is InChI=1S/C13H13NO2/c14-11-7-3-1-5-9(11)13(16)10-6-2-4-8-12(10)15/h1,3,5-7H,2,4,8,14H2. The molecule has 82 valence electrons. The molecule has 3 heteroatoms. The van der Waals surface area contributed by atoms with E-state index in [0.29, 0.717) is 23.2 Å². The topological polar surface area (TPSA) is 60.2 Å². The van der Waals surface area contributed by atoms with Crippen LogP contribution >= 0.6 is 0 Å². The van der Waals surface area contributed by atoms with Crippen LogP contribution in [0.4, 0.5) is 5.69 Å². The first-order valence-electron chi connectivity index (χ1n) is 5.32. The predicted octanol–water partition coefficient (Wildman–Crippen LogP) is 2.13. The molecule has 0 saturated heterocycles. The van der Waals surface area contributed by atoms with Crippen LogP contribution < -0.4 is 5.73 Å². The highest BCUT2D eigenvalue weighted by molar-refractivity contribution is 6.27. The molecule has 2 N–H and O–H groups in total. The minimum absolute atomic E-state index is 0.0699. The highest BCUT2D eigenvalue weighted by Crippen LogP contribution is 2.21. The smallest absolute Gasteiger partial charge is 0.198 e. The molecule has 0 spiro atoms. The van der Waals surface area contributed by atoms with Crippen molar-refractivity contribution in [1.29, 1.82) is 0 Å². The van der Waals surface area contributed by atoms with E-state index in [4.69, 9.17) is 5.73 Å². The number of carbonyl (C=O) groups is 2. The summed E-state index contributed by atoms with van der Waals surface area (Å²) in [5.74, 6) is -0.317. The average Bonchev–Trinajstić information content (AvgIpc) is 2.29. The highest BCUT2D eigenvalue weighted by atomic mass is 16.1.